The van der Waals surface area contributed by atoms with Crippen LogP contribution < -0.4 is 4.74 Å². The highest BCUT2D eigenvalue weighted by Gasteiger charge is 2.29. The molecule has 2 aromatic heterocycles. The van der Waals surface area contributed by atoms with Gasteiger partial charge in [-0.05, 0) is 23.8 Å². The van der Waals surface area contributed by atoms with E-state index in [4.69, 9.17) is 21.1 Å². The van der Waals surface area contributed by atoms with Gasteiger partial charge in [0.25, 0.3) is 0 Å². The van der Waals surface area contributed by atoms with E-state index in [1.165, 1.54) is 30.6 Å². The number of nitrogens with one attached hydrogen (secondary N) is 1. The maximum absolute atomic E-state index is 14.6. The minimum absolute atomic E-state index is 0.0491. The van der Waals surface area contributed by atoms with Crippen molar-refractivity contribution < 1.29 is 23.4 Å². The molecule has 4 rings (SSSR count). The Morgan fingerprint density at radius 2 is 2.10 bits per heavy atom. The van der Waals surface area contributed by atoms with Crippen LogP contribution in [0.4, 0.5) is 8.78 Å². The van der Waals surface area contributed by atoms with Crippen molar-refractivity contribution in [2.75, 3.05) is 19.8 Å². The molecule has 0 aliphatic carbocycles. The highest BCUT2D eigenvalue weighted by Crippen LogP contribution is 2.36. The molecule has 1 atom stereocenters. The Kier molecular flexibility index (Phi) is 5.14. The van der Waals surface area contributed by atoms with Crippen molar-refractivity contribution in [1.82, 2.24) is 9.97 Å². The van der Waals surface area contributed by atoms with Crippen LogP contribution in [0.15, 0.2) is 35.6 Å². The van der Waals surface area contributed by atoms with Gasteiger partial charge in [0.1, 0.15) is 11.4 Å². The molecule has 0 saturated carbocycles. The van der Waals surface area contributed by atoms with Gasteiger partial charge >= 0.3 is 0 Å². The number of rotatable bonds is 5. The Morgan fingerprint density at radius 1 is 1.34 bits per heavy atom. The molecular formula is C20H18ClF2N3O3. The predicted molar refractivity (Wildman–Crippen MR) is 105 cm³/mol. The number of aromatic amines is 1. The van der Waals surface area contributed by atoms with Crippen molar-refractivity contribution in [2.24, 2.45) is 10.4 Å². The van der Waals surface area contributed by atoms with Gasteiger partial charge < -0.3 is 19.6 Å². The molecule has 29 heavy (non-hydrogen) atoms. The molecule has 3 aromatic rings. The van der Waals surface area contributed by atoms with Gasteiger partial charge in [-0.15, -0.1) is 0 Å². The van der Waals surface area contributed by atoms with Crippen LogP contribution in [-0.4, -0.2) is 40.7 Å². The second kappa shape index (κ2) is 7.61. The van der Waals surface area contributed by atoms with E-state index in [1.807, 2.05) is 6.92 Å². The summed E-state index contributed by atoms with van der Waals surface area (Å²) in [6.45, 7) is 2.49. The SMILES string of the molecule is CC1(CO)CN=C(Cc2cc(F)c(Oc3ccnc4[nH]cc(Cl)c34)c(F)c2)OC1. The van der Waals surface area contributed by atoms with Crippen LogP contribution in [0.2, 0.25) is 5.02 Å². The first-order valence-corrected chi connectivity index (χ1v) is 9.31. The van der Waals surface area contributed by atoms with Crippen molar-refractivity contribution in [2.45, 2.75) is 13.3 Å². The number of hydrogen-bond acceptors (Lipinski definition) is 5. The third-order valence-corrected chi connectivity index (χ3v) is 5.02. The quantitative estimate of drug-likeness (QED) is 0.645. The maximum Gasteiger partial charge on any atom is 0.198 e. The Labute approximate surface area is 170 Å². The summed E-state index contributed by atoms with van der Waals surface area (Å²) in [5.41, 5.74) is 0.373. The van der Waals surface area contributed by atoms with E-state index >= 15 is 0 Å². The predicted octanol–water partition coefficient (Wildman–Crippen LogP) is 4.26. The summed E-state index contributed by atoms with van der Waals surface area (Å²) in [7, 11) is 0. The smallest absolute Gasteiger partial charge is 0.198 e. The molecule has 152 valence electrons. The number of benzene rings is 1. The third kappa shape index (κ3) is 3.90. The van der Waals surface area contributed by atoms with Crippen LogP contribution in [0.3, 0.4) is 0 Å². The first-order valence-electron chi connectivity index (χ1n) is 8.93. The minimum atomic E-state index is -0.853. The van der Waals surface area contributed by atoms with Crippen molar-refractivity contribution in [3.8, 4) is 11.5 Å². The number of nitrogens with zero attached hydrogens (tertiary/aromatic N) is 2. The molecule has 1 aromatic carbocycles. The number of hydrogen-bond donors (Lipinski definition) is 2. The molecule has 2 N–H and O–H groups in total. The summed E-state index contributed by atoms with van der Waals surface area (Å²) in [6.07, 6.45) is 3.11. The van der Waals surface area contributed by atoms with E-state index in [-0.39, 0.29) is 18.8 Å². The van der Waals surface area contributed by atoms with Crippen LogP contribution in [-0.2, 0) is 11.2 Å². The molecule has 0 amide bonds. The second-order valence-electron chi connectivity index (χ2n) is 7.30. The molecule has 0 fully saturated rings. The lowest BCUT2D eigenvalue weighted by atomic mass is 9.92. The summed E-state index contributed by atoms with van der Waals surface area (Å²) >= 11 is 6.11. The topological polar surface area (TPSA) is 79.7 Å². The third-order valence-electron chi connectivity index (χ3n) is 4.72. The van der Waals surface area contributed by atoms with Crippen LogP contribution in [0.25, 0.3) is 11.0 Å². The maximum atomic E-state index is 14.6. The zero-order valence-corrected chi connectivity index (χ0v) is 16.3. The molecule has 1 aliphatic rings. The van der Waals surface area contributed by atoms with Crippen LogP contribution in [0.5, 0.6) is 11.5 Å². The van der Waals surface area contributed by atoms with Gasteiger partial charge in [-0.25, -0.2) is 13.8 Å². The lowest BCUT2D eigenvalue weighted by molar-refractivity contribution is 0.0691. The lowest BCUT2D eigenvalue weighted by Gasteiger charge is -2.30. The fourth-order valence-electron chi connectivity index (χ4n) is 3.00. The zero-order valence-electron chi connectivity index (χ0n) is 15.5. The summed E-state index contributed by atoms with van der Waals surface area (Å²) in [5.74, 6) is -1.67. The molecule has 6 nitrogen and oxygen atoms in total. The molecule has 0 bridgehead atoms. The van der Waals surface area contributed by atoms with Gasteiger partial charge in [0, 0.05) is 24.2 Å². The number of aliphatic hydroxyl groups is 1. The average Bonchev–Trinajstić information content (AvgIpc) is 3.09. The molecular weight excluding hydrogens is 404 g/mol. The Balaban J connectivity index is 1.57. The minimum Gasteiger partial charge on any atom is -0.480 e. The molecule has 1 unspecified atom stereocenters. The number of fused-ring (bicyclic) bond motifs is 1. The van der Waals surface area contributed by atoms with E-state index in [0.717, 1.165) is 0 Å². The molecule has 0 spiro atoms. The molecule has 0 saturated heterocycles. The lowest BCUT2D eigenvalue weighted by Crippen LogP contribution is -2.36. The summed E-state index contributed by atoms with van der Waals surface area (Å²) in [6, 6.07) is 3.85. The van der Waals surface area contributed by atoms with Gasteiger partial charge in [0.2, 0.25) is 0 Å². The van der Waals surface area contributed by atoms with Crippen molar-refractivity contribution >= 4 is 28.5 Å². The van der Waals surface area contributed by atoms with Crippen LogP contribution in [0.1, 0.15) is 12.5 Å². The van der Waals surface area contributed by atoms with Crippen LogP contribution in [0, 0.1) is 17.0 Å². The number of aromatic nitrogens is 2. The second-order valence-corrected chi connectivity index (χ2v) is 7.71. The van der Waals surface area contributed by atoms with E-state index in [9.17, 15) is 13.9 Å². The van der Waals surface area contributed by atoms with Crippen molar-refractivity contribution in [1.29, 1.82) is 0 Å². The number of aliphatic hydroxyl groups excluding tert-OH is 1. The number of halogens is 3. The molecule has 3 heterocycles. The molecule has 1 aliphatic heterocycles. The average molecular weight is 422 g/mol. The summed E-state index contributed by atoms with van der Waals surface area (Å²) in [4.78, 5) is 11.2. The highest BCUT2D eigenvalue weighted by molar-refractivity contribution is 6.36. The Bertz CT molecular complexity index is 1080. The first-order chi connectivity index (χ1) is 13.9. The van der Waals surface area contributed by atoms with E-state index in [1.54, 1.807) is 0 Å². The van der Waals surface area contributed by atoms with Gasteiger partial charge in [-0.3, -0.25) is 4.99 Å². The fraction of sp³-hybridized carbons (Fsp3) is 0.300. The fourth-order valence-corrected chi connectivity index (χ4v) is 3.24. The summed E-state index contributed by atoms with van der Waals surface area (Å²) in [5, 5.41) is 10.1. The van der Waals surface area contributed by atoms with Crippen molar-refractivity contribution in [3.05, 3.63) is 52.8 Å². The number of pyridine rings is 1. The zero-order chi connectivity index (χ0) is 20.6. The first kappa shape index (κ1) is 19.6. The number of aliphatic imine (C=N–C) groups is 1. The van der Waals surface area contributed by atoms with E-state index < -0.39 is 22.8 Å². The monoisotopic (exact) mass is 421 g/mol. The van der Waals surface area contributed by atoms with E-state index in [2.05, 4.69) is 15.0 Å². The van der Waals surface area contributed by atoms with Gasteiger partial charge in [-0.2, -0.15) is 0 Å². The van der Waals surface area contributed by atoms with Gasteiger partial charge in [0.05, 0.1) is 30.2 Å². The Hall–Kier alpha value is -2.71. The van der Waals surface area contributed by atoms with Crippen LogP contribution >= 0.6 is 11.6 Å². The largest absolute Gasteiger partial charge is 0.480 e. The Morgan fingerprint density at radius 3 is 2.76 bits per heavy atom. The molecule has 9 heteroatoms. The normalized spacial score (nSPS) is 19.1. The highest BCUT2D eigenvalue weighted by atomic mass is 35.5. The van der Waals surface area contributed by atoms with Gasteiger partial charge in [0.15, 0.2) is 23.3 Å². The number of H-pyrrole nitrogens is 1. The van der Waals surface area contributed by atoms with E-state index in [0.29, 0.717) is 40.7 Å². The number of ether oxygens (including phenoxy) is 2. The summed E-state index contributed by atoms with van der Waals surface area (Å²) < 4.78 is 40.3. The molecule has 0 radical (unpaired) electrons. The standard InChI is InChI=1S/C20H18ClF2N3O3/c1-20(9-27)8-26-16(28-10-20)6-11-4-13(22)18(14(23)5-11)29-15-2-3-24-19-17(15)12(21)7-25-19/h2-5,7,27H,6,8-10H2,1H3,(H,24,25). The van der Waals surface area contributed by atoms with Crippen molar-refractivity contribution in [3.63, 3.8) is 0 Å². The van der Waals surface area contributed by atoms with Gasteiger partial charge in [-0.1, -0.05) is 18.5 Å².